The van der Waals surface area contributed by atoms with Gasteiger partial charge in [0.15, 0.2) is 0 Å². The molecule has 0 radical (unpaired) electrons. The first kappa shape index (κ1) is 13.5. The van der Waals surface area contributed by atoms with E-state index in [2.05, 4.69) is 5.32 Å². The maximum Gasteiger partial charge on any atom is 0.251 e. The molecular formula is C14H18N2O3. The van der Waals surface area contributed by atoms with Gasteiger partial charge in [0.1, 0.15) is 5.60 Å². The van der Waals surface area contributed by atoms with Crippen molar-refractivity contribution in [2.24, 2.45) is 0 Å². The summed E-state index contributed by atoms with van der Waals surface area (Å²) >= 11 is 0. The van der Waals surface area contributed by atoms with Crippen LogP contribution in [0.4, 0.5) is 5.69 Å². The van der Waals surface area contributed by atoms with Crippen molar-refractivity contribution >= 4 is 17.5 Å². The van der Waals surface area contributed by atoms with E-state index in [0.717, 1.165) is 16.8 Å². The standard InChI is InChI=1S/C14H18N2O3/c1-14(2,19)13(18)15-8-9-4-5-11-10(6-9)7-12(17)16(11)3/h4-6,19H,7-8H2,1-3H3,(H,15,18). The topological polar surface area (TPSA) is 69.6 Å². The van der Waals surface area contributed by atoms with Crippen LogP contribution < -0.4 is 10.2 Å². The molecular weight excluding hydrogens is 244 g/mol. The number of hydrogen-bond donors (Lipinski definition) is 2. The molecule has 0 aliphatic carbocycles. The Labute approximate surface area is 112 Å². The predicted molar refractivity (Wildman–Crippen MR) is 71.7 cm³/mol. The van der Waals surface area contributed by atoms with Crippen LogP contribution in [0, 0.1) is 0 Å². The monoisotopic (exact) mass is 262 g/mol. The molecule has 2 rings (SSSR count). The van der Waals surface area contributed by atoms with Gasteiger partial charge < -0.3 is 15.3 Å². The summed E-state index contributed by atoms with van der Waals surface area (Å²) in [6.07, 6.45) is 0.402. The van der Waals surface area contributed by atoms with Gasteiger partial charge in [-0.05, 0) is 31.0 Å². The Balaban J connectivity index is 2.07. The Morgan fingerprint density at radius 2 is 2.16 bits per heavy atom. The number of amides is 2. The van der Waals surface area contributed by atoms with E-state index >= 15 is 0 Å². The Morgan fingerprint density at radius 3 is 2.79 bits per heavy atom. The summed E-state index contributed by atoms with van der Waals surface area (Å²) in [4.78, 5) is 24.7. The zero-order valence-electron chi connectivity index (χ0n) is 11.4. The minimum atomic E-state index is -1.38. The lowest BCUT2D eigenvalue weighted by atomic mass is 10.1. The molecule has 0 saturated heterocycles. The number of carbonyl (C=O) groups is 2. The quantitative estimate of drug-likeness (QED) is 0.837. The van der Waals surface area contributed by atoms with E-state index in [9.17, 15) is 14.7 Å². The van der Waals surface area contributed by atoms with Crippen LogP contribution in [0.3, 0.4) is 0 Å². The van der Waals surface area contributed by atoms with Crippen molar-refractivity contribution in [2.75, 3.05) is 11.9 Å². The molecule has 2 amide bonds. The van der Waals surface area contributed by atoms with E-state index in [1.165, 1.54) is 13.8 Å². The molecule has 0 spiro atoms. The van der Waals surface area contributed by atoms with Gasteiger partial charge in [-0.15, -0.1) is 0 Å². The van der Waals surface area contributed by atoms with Crippen molar-refractivity contribution in [3.63, 3.8) is 0 Å². The third-order valence-electron chi connectivity index (χ3n) is 3.23. The van der Waals surface area contributed by atoms with Crippen LogP contribution in [0.2, 0.25) is 0 Å². The minimum Gasteiger partial charge on any atom is -0.381 e. The summed E-state index contributed by atoms with van der Waals surface area (Å²) < 4.78 is 0. The van der Waals surface area contributed by atoms with E-state index in [1.807, 2.05) is 18.2 Å². The second-order valence-corrected chi connectivity index (χ2v) is 5.33. The van der Waals surface area contributed by atoms with Crippen molar-refractivity contribution < 1.29 is 14.7 Å². The highest BCUT2D eigenvalue weighted by Crippen LogP contribution is 2.28. The van der Waals surface area contributed by atoms with Crippen molar-refractivity contribution in [3.8, 4) is 0 Å². The first-order valence-corrected chi connectivity index (χ1v) is 6.18. The second-order valence-electron chi connectivity index (χ2n) is 5.33. The minimum absolute atomic E-state index is 0.0766. The third-order valence-corrected chi connectivity index (χ3v) is 3.23. The Hall–Kier alpha value is -1.88. The number of anilines is 1. The van der Waals surface area contributed by atoms with Crippen LogP contribution in [0.25, 0.3) is 0 Å². The molecule has 1 aliphatic rings. The number of carbonyl (C=O) groups excluding carboxylic acids is 2. The second kappa shape index (κ2) is 4.66. The van der Waals surface area contributed by atoms with Crippen molar-refractivity contribution in [1.82, 2.24) is 5.32 Å². The molecule has 102 valence electrons. The summed E-state index contributed by atoms with van der Waals surface area (Å²) in [6.45, 7) is 3.23. The molecule has 1 heterocycles. The van der Waals surface area contributed by atoms with E-state index < -0.39 is 11.5 Å². The molecule has 0 bridgehead atoms. The van der Waals surface area contributed by atoms with Crippen molar-refractivity contribution in [3.05, 3.63) is 29.3 Å². The van der Waals surface area contributed by atoms with Crippen molar-refractivity contribution in [1.29, 1.82) is 0 Å². The summed E-state index contributed by atoms with van der Waals surface area (Å²) in [5.74, 6) is -0.339. The number of aliphatic hydroxyl groups is 1. The lowest BCUT2D eigenvalue weighted by Gasteiger charge is -2.17. The smallest absolute Gasteiger partial charge is 0.251 e. The van der Waals surface area contributed by atoms with Crippen LogP contribution in [-0.4, -0.2) is 29.6 Å². The van der Waals surface area contributed by atoms with Crippen molar-refractivity contribution in [2.45, 2.75) is 32.4 Å². The van der Waals surface area contributed by atoms with Gasteiger partial charge in [-0.1, -0.05) is 12.1 Å². The largest absolute Gasteiger partial charge is 0.381 e. The fraction of sp³-hybridized carbons (Fsp3) is 0.429. The first-order chi connectivity index (χ1) is 8.79. The van der Waals surface area contributed by atoms with Crippen LogP contribution in [0.15, 0.2) is 18.2 Å². The number of rotatable bonds is 3. The van der Waals surface area contributed by atoms with Gasteiger partial charge >= 0.3 is 0 Å². The SMILES string of the molecule is CN1C(=O)Cc2cc(CNC(=O)C(C)(C)O)ccc21. The molecule has 0 saturated carbocycles. The number of likely N-dealkylation sites (N-methyl/N-ethyl adjacent to an activating group) is 1. The van der Waals surface area contributed by atoms with E-state index in [4.69, 9.17) is 0 Å². The van der Waals surface area contributed by atoms with Crippen LogP contribution >= 0.6 is 0 Å². The fourth-order valence-electron chi connectivity index (χ4n) is 2.03. The van der Waals surface area contributed by atoms with Gasteiger partial charge in [0.2, 0.25) is 5.91 Å². The summed E-state index contributed by atoms with van der Waals surface area (Å²) in [6, 6.07) is 5.67. The molecule has 0 fully saturated rings. The molecule has 1 aromatic carbocycles. The third kappa shape index (κ3) is 2.76. The number of hydrogen-bond acceptors (Lipinski definition) is 3. The number of nitrogens with one attached hydrogen (secondary N) is 1. The highest BCUT2D eigenvalue weighted by atomic mass is 16.3. The normalized spacial score (nSPS) is 14.5. The van der Waals surface area contributed by atoms with Gasteiger partial charge in [0.25, 0.3) is 5.91 Å². The first-order valence-electron chi connectivity index (χ1n) is 6.18. The lowest BCUT2D eigenvalue weighted by molar-refractivity contribution is -0.136. The van der Waals surface area contributed by atoms with Gasteiger partial charge in [0.05, 0.1) is 6.42 Å². The lowest BCUT2D eigenvalue weighted by Crippen LogP contribution is -2.41. The van der Waals surface area contributed by atoms with Gasteiger partial charge in [-0.25, -0.2) is 0 Å². The number of fused-ring (bicyclic) bond motifs is 1. The average molecular weight is 262 g/mol. The van der Waals surface area contributed by atoms with Gasteiger partial charge in [-0.3, -0.25) is 9.59 Å². The Kier molecular flexibility index (Phi) is 3.32. The average Bonchev–Trinajstić information content (AvgIpc) is 2.60. The summed E-state index contributed by atoms with van der Waals surface area (Å²) in [5.41, 5.74) is 1.43. The fourth-order valence-corrected chi connectivity index (χ4v) is 2.03. The molecule has 0 aromatic heterocycles. The van der Waals surface area contributed by atoms with Gasteiger partial charge in [0, 0.05) is 19.3 Å². The summed E-state index contributed by atoms with van der Waals surface area (Å²) in [7, 11) is 1.75. The molecule has 0 unspecified atom stereocenters. The Bertz CT molecular complexity index is 532. The molecule has 2 N–H and O–H groups in total. The molecule has 1 aliphatic heterocycles. The molecule has 5 heteroatoms. The predicted octanol–water partition coefficient (Wildman–Crippen LogP) is 0.593. The van der Waals surface area contributed by atoms with Gasteiger partial charge in [-0.2, -0.15) is 0 Å². The maximum absolute atomic E-state index is 11.6. The van der Waals surface area contributed by atoms with E-state index in [-0.39, 0.29) is 5.91 Å². The maximum atomic E-state index is 11.6. The number of benzene rings is 1. The van der Waals surface area contributed by atoms with Crippen LogP contribution in [0.5, 0.6) is 0 Å². The number of nitrogens with zero attached hydrogens (tertiary/aromatic N) is 1. The van der Waals surface area contributed by atoms with E-state index in [1.54, 1.807) is 11.9 Å². The highest BCUT2D eigenvalue weighted by molar-refractivity contribution is 6.00. The van der Waals surface area contributed by atoms with Crippen LogP contribution in [0.1, 0.15) is 25.0 Å². The zero-order valence-corrected chi connectivity index (χ0v) is 11.4. The highest BCUT2D eigenvalue weighted by Gasteiger charge is 2.25. The molecule has 0 atom stereocenters. The summed E-state index contributed by atoms with van der Waals surface area (Å²) in [5, 5.41) is 12.2. The van der Waals surface area contributed by atoms with E-state index in [0.29, 0.717) is 13.0 Å². The molecule has 1 aromatic rings. The molecule has 19 heavy (non-hydrogen) atoms. The Morgan fingerprint density at radius 1 is 1.47 bits per heavy atom. The van der Waals surface area contributed by atoms with Crippen LogP contribution in [-0.2, 0) is 22.6 Å². The molecule has 5 nitrogen and oxygen atoms in total. The zero-order chi connectivity index (χ0) is 14.2.